The van der Waals surface area contributed by atoms with Crippen LogP contribution in [0.1, 0.15) is 0 Å². The molecule has 0 unspecified atom stereocenters. The third-order valence-electron chi connectivity index (χ3n) is 10.0. The first-order chi connectivity index (χ1) is 25.8. The van der Waals surface area contributed by atoms with E-state index in [2.05, 4.69) is 187 Å². The largest absolute Gasteiger partial charge is 0.452 e. The van der Waals surface area contributed by atoms with Crippen molar-refractivity contribution in [3.8, 4) is 33.4 Å². The van der Waals surface area contributed by atoms with Gasteiger partial charge >= 0.3 is 0 Å². The highest BCUT2D eigenvalue weighted by atomic mass is 16.3. The van der Waals surface area contributed by atoms with Crippen molar-refractivity contribution in [3.05, 3.63) is 194 Å². The van der Waals surface area contributed by atoms with Gasteiger partial charge < -0.3 is 9.32 Å². The zero-order chi connectivity index (χ0) is 34.4. The van der Waals surface area contributed by atoms with Gasteiger partial charge in [-0.15, -0.1) is 0 Å². The van der Waals surface area contributed by atoms with Crippen LogP contribution in [0.4, 0.5) is 17.1 Å². The smallest absolute Gasteiger partial charge is 0.161 e. The molecule has 0 atom stereocenters. The quantitative estimate of drug-likeness (QED) is 0.177. The van der Waals surface area contributed by atoms with Crippen molar-refractivity contribution < 1.29 is 4.42 Å². The molecular formula is C49H32N2O. The van der Waals surface area contributed by atoms with E-state index in [0.29, 0.717) is 0 Å². The van der Waals surface area contributed by atoms with Crippen LogP contribution in [0.25, 0.3) is 77.1 Å². The van der Waals surface area contributed by atoms with Crippen molar-refractivity contribution in [2.24, 2.45) is 0 Å². The molecule has 3 nitrogen and oxygen atoms in total. The summed E-state index contributed by atoms with van der Waals surface area (Å²) in [5.41, 5.74) is 13.4. The number of para-hydroxylation sites is 2. The maximum Gasteiger partial charge on any atom is 0.161 e. The highest BCUT2D eigenvalue weighted by Crippen LogP contribution is 2.46. The van der Waals surface area contributed by atoms with Gasteiger partial charge in [0.25, 0.3) is 0 Å². The first kappa shape index (κ1) is 29.9. The summed E-state index contributed by atoms with van der Waals surface area (Å²) in [6, 6.07) is 68.8. The summed E-state index contributed by atoms with van der Waals surface area (Å²) in [6.45, 7) is 0. The number of aromatic nitrogens is 1. The molecule has 0 aliphatic heterocycles. The molecule has 0 bridgehead atoms. The normalized spacial score (nSPS) is 11.5. The van der Waals surface area contributed by atoms with E-state index in [1.807, 2.05) is 12.1 Å². The Morgan fingerprint density at radius 1 is 0.404 bits per heavy atom. The number of hydrogen-bond donors (Lipinski definition) is 0. The van der Waals surface area contributed by atoms with Crippen LogP contribution in [0.3, 0.4) is 0 Å². The molecule has 244 valence electrons. The zero-order valence-corrected chi connectivity index (χ0v) is 28.3. The standard InChI is InChI=1S/C49H32N2O/c1-3-14-33(15-4-1)36-21-11-22-38(30-36)51(46-27-13-25-43-48-47(52-49(43)46)31-37-19-8-10-26-45(37)50-48)39-28-29-41(34-16-5-2-6-17-34)44(32-39)42-24-12-20-35-18-7-9-23-40(35)42/h1-32H. The van der Waals surface area contributed by atoms with E-state index in [-0.39, 0.29) is 0 Å². The molecule has 10 rings (SSSR count). The van der Waals surface area contributed by atoms with Gasteiger partial charge in [0.2, 0.25) is 0 Å². The van der Waals surface area contributed by atoms with Crippen molar-refractivity contribution in [1.82, 2.24) is 4.98 Å². The number of nitrogens with zero attached hydrogens (tertiary/aromatic N) is 2. The van der Waals surface area contributed by atoms with E-state index in [0.717, 1.165) is 66.7 Å². The Morgan fingerprint density at radius 2 is 1.06 bits per heavy atom. The fourth-order valence-corrected chi connectivity index (χ4v) is 7.58. The maximum atomic E-state index is 6.79. The molecule has 3 heteroatoms. The van der Waals surface area contributed by atoms with Gasteiger partial charge in [0.1, 0.15) is 5.52 Å². The minimum Gasteiger partial charge on any atom is -0.452 e. The summed E-state index contributed by atoms with van der Waals surface area (Å²) in [7, 11) is 0. The molecule has 0 saturated heterocycles. The number of anilines is 3. The molecule has 10 aromatic rings. The molecule has 0 fully saturated rings. The van der Waals surface area contributed by atoms with Gasteiger partial charge in [0, 0.05) is 22.1 Å². The zero-order valence-electron chi connectivity index (χ0n) is 28.3. The molecule has 0 radical (unpaired) electrons. The predicted octanol–water partition coefficient (Wildman–Crippen LogP) is 13.8. The van der Waals surface area contributed by atoms with E-state index in [1.165, 1.54) is 27.5 Å². The van der Waals surface area contributed by atoms with Gasteiger partial charge in [0.15, 0.2) is 11.2 Å². The highest BCUT2D eigenvalue weighted by molar-refractivity contribution is 6.11. The van der Waals surface area contributed by atoms with Gasteiger partial charge in [-0.2, -0.15) is 0 Å². The minimum atomic E-state index is 0.773. The third-order valence-corrected chi connectivity index (χ3v) is 10.0. The lowest BCUT2D eigenvalue weighted by molar-refractivity contribution is 0.669. The molecule has 0 N–H and O–H groups in total. The fourth-order valence-electron chi connectivity index (χ4n) is 7.58. The molecule has 0 amide bonds. The Balaban J connectivity index is 1.26. The molecule has 0 spiro atoms. The number of fused-ring (bicyclic) bond motifs is 5. The Hall–Kier alpha value is -6.97. The second kappa shape index (κ2) is 12.4. The van der Waals surface area contributed by atoms with Crippen LogP contribution in [0.15, 0.2) is 199 Å². The average Bonchev–Trinajstić information content (AvgIpc) is 3.58. The van der Waals surface area contributed by atoms with Crippen LogP contribution >= 0.6 is 0 Å². The van der Waals surface area contributed by atoms with Gasteiger partial charge in [-0.25, -0.2) is 4.98 Å². The topological polar surface area (TPSA) is 29.3 Å². The van der Waals surface area contributed by atoms with Crippen molar-refractivity contribution in [2.75, 3.05) is 4.90 Å². The summed E-state index contributed by atoms with van der Waals surface area (Å²) < 4.78 is 6.79. The van der Waals surface area contributed by atoms with Crippen LogP contribution in [0, 0.1) is 0 Å². The molecule has 0 saturated carbocycles. The van der Waals surface area contributed by atoms with E-state index in [4.69, 9.17) is 9.40 Å². The Labute approximate surface area is 301 Å². The van der Waals surface area contributed by atoms with Crippen molar-refractivity contribution >= 4 is 60.8 Å². The minimum absolute atomic E-state index is 0.773. The van der Waals surface area contributed by atoms with Crippen molar-refractivity contribution in [1.29, 1.82) is 0 Å². The van der Waals surface area contributed by atoms with Gasteiger partial charge in [0.05, 0.1) is 11.2 Å². The van der Waals surface area contributed by atoms with Crippen LogP contribution in [0.5, 0.6) is 0 Å². The van der Waals surface area contributed by atoms with Crippen LogP contribution < -0.4 is 4.90 Å². The molecular weight excluding hydrogens is 633 g/mol. The first-order valence-corrected chi connectivity index (χ1v) is 17.6. The van der Waals surface area contributed by atoms with Crippen LogP contribution in [-0.4, -0.2) is 4.98 Å². The number of rotatable bonds is 6. The van der Waals surface area contributed by atoms with Gasteiger partial charge in [-0.05, 0) is 92.7 Å². The summed E-state index contributed by atoms with van der Waals surface area (Å²) in [5, 5.41) is 4.47. The number of benzene rings is 8. The molecule has 2 aromatic heterocycles. The molecule has 8 aromatic carbocycles. The lowest BCUT2D eigenvalue weighted by Gasteiger charge is -2.27. The monoisotopic (exact) mass is 664 g/mol. The second-order valence-electron chi connectivity index (χ2n) is 13.2. The highest BCUT2D eigenvalue weighted by Gasteiger charge is 2.22. The van der Waals surface area contributed by atoms with E-state index in [1.54, 1.807) is 0 Å². The molecule has 0 aliphatic carbocycles. The predicted molar refractivity (Wildman–Crippen MR) is 218 cm³/mol. The maximum absolute atomic E-state index is 6.79. The molecule has 52 heavy (non-hydrogen) atoms. The second-order valence-corrected chi connectivity index (χ2v) is 13.2. The molecule has 0 aliphatic rings. The molecule has 2 heterocycles. The van der Waals surface area contributed by atoms with E-state index < -0.39 is 0 Å². The number of hydrogen-bond acceptors (Lipinski definition) is 3. The van der Waals surface area contributed by atoms with Crippen LogP contribution in [0.2, 0.25) is 0 Å². The number of furan rings is 1. The average molecular weight is 665 g/mol. The van der Waals surface area contributed by atoms with Crippen molar-refractivity contribution in [3.63, 3.8) is 0 Å². The SMILES string of the molecule is c1ccc(-c2cccc(N(c3ccc(-c4ccccc4)c(-c4cccc5ccccc45)c3)c3cccc4c3oc3cc5ccccc5nc34)c2)cc1. The van der Waals surface area contributed by atoms with Crippen LogP contribution in [-0.2, 0) is 0 Å². The summed E-state index contributed by atoms with van der Waals surface area (Å²) >= 11 is 0. The van der Waals surface area contributed by atoms with E-state index in [9.17, 15) is 0 Å². The summed E-state index contributed by atoms with van der Waals surface area (Å²) in [5.74, 6) is 0. The summed E-state index contributed by atoms with van der Waals surface area (Å²) in [4.78, 5) is 7.41. The summed E-state index contributed by atoms with van der Waals surface area (Å²) in [6.07, 6.45) is 0. The first-order valence-electron chi connectivity index (χ1n) is 17.6. The lowest BCUT2D eigenvalue weighted by atomic mass is 9.90. The fraction of sp³-hybridized carbons (Fsp3) is 0. The van der Waals surface area contributed by atoms with Crippen molar-refractivity contribution in [2.45, 2.75) is 0 Å². The van der Waals surface area contributed by atoms with Gasteiger partial charge in [-0.1, -0.05) is 146 Å². The lowest BCUT2D eigenvalue weighted by Crippen LogP contribution is -2.10. The third kappa shape index (κ3) is 5.10. The Kier molecular flexibility index (Phi) is 7.14. The van der Waals surface area contributed by atoms with Gasteiger partial charge in [-0.3, -0.25) is 0 Å². The Bertz CT molecular complexity index is 2910. The number of pyridine rings is 1. The Morgan fingerprint density at radius 3 is 1.92 bits per heavy atom. The van der Waals surface area contributed by atoms with E-state index >= 15 is 0 Å².